The lowest BCUT2D eigenvalue weighted by molar-refractivity contribution is 0.0866. The van der Waals surface area contributed by atoms with Crippen molar-refractivity contribution in [3.8, 4) is 11.5 Å². The minimum Gasteiger partial charge on any atom is -0.361 e. The minimum absolute atomic E-state index is 0.0405. The third-order valence-corrected chi connectivity index (χ3v) is 9.79. The van der Waals surface area contributed by atoms with Gasteiger partial charge < -0.3 is 4.74 Å². The molecule has 0 amide bonds. The summed E-state index contributed by atoms with van der Waals surface area (Å²) < 4.78 is 69.3. The predicted molar refractivity (Wildman–Crippen MR) is 165 cm³/mol. The Morgan fingerprint density at radius 1 is 1.12 bits per heavy atom. The average Bonchev–Trinajstić information content (AvgIpc) is 3.42. The Hall–Kier alpha value is -2.70. The van der Waals surface area contributed by atoms with Crippen molar-refractivity contribution in [3.05, 3.63) is 47.0 Å². The van der Waals surface area contributed by atoms with Gasteiger partial charge in [-0.1, -0.05) is 19.6 Å². The third-order valence-electron chi connectivity index (χ3n) is 6.81. The first kappa shape index (κ1) is 33.2. The van der Waals surface area contributed by atoms with E-state index in [-0.39, 0.29) is 24.8 Å². The van der Waals surface area contributed by atoms with E-state index in [0.717, 1.165) is 12.3 Å². The van der Waals surface area contributed by atoms with Crippen molar-refractivity contribution in [2.75, 3.05) is 32.2 Å². The van der Waals surface area contributed by atoms with E-state index in [1.165, 1.54) is 27.4 Å². The maximum Gasteiger partial charge on any atom is 0.332 e. The number of piperidine rings is 1. The number of fused-ring (bicyclic) bond motifs is 2. The molecule has 4 aromatic heterocycles. The van der Waals surface area contributed by atoms with Gasteiger partial charge in [0, 0.05) is 44.6 Å². The fourth-order valence-electron chi connectivity index (χ4n) is 4.72. The molecule has 43 heavy (non-hydrogen) atoms. The van der Waals surface area contributed by atoms with Crippen LogP contribution >= 0.6 is 10.7 Å². The SMILES string of the molecule is CS(=O)(=O)Cl.C[Si](C)(C)CCOCn1c(=O)n([C@@H]2CCCN(S(C)(=O)=O)C2)c2nc(-c3cnc4ccc(F)cn34)ncc21. The van der Waals surface area contributed by atoms with Gasteiger partial charge in [0.2, 0.25) is 19.1 Å². The van der Waals surface area contributed by atoms with E-state index in [9.17, 15) is 26.0 Å². The summed E-state index contributed by atoms with van der Waals surface area (Å²) in [6.07, 6.45) is 7.78. The van der Waals surface area contributed by atoms with Crippen molar-refractivity contribution in [1.29, 1.82) is 0 Å². The first-order chi connectivity index (χ1) is 19.9. The lowest BCUT2D eigenvalue weighted by atomic mass is 10.1. The molecule has 18 heteroatoms. The summed E-state index contributed by atoms with van der Waals surface area (Å²) in [4.78, 5) is 27.3. The molecule has 5 heterocycles. The van der Waals surface area contributed by atoms with Gasteiger partial charge in [0.15, 0.2) is 11.5 Å². The Labute approximate surface area is 254 Å². The van der Waals surface area contributed by atoms with E-state index in [1.807, 2.05) is 0 Å². The molecule has 1 saturated heterocycles. The molecule has 4 aromatic rings. The van der Waals surface area contributed by atoms with Crippen LogP contribution in [0.1, 0.15) is 18.9 Å². The quantitative estimate of drug-likeness (QED) is 0.156. The summed E-state index contributed by atoms with van der Waals surface area (Å²) in [5.41, 5.74) is 1.54. The van der Waals surface area contributed by atoms with Crippen LogP contribution in [0, 0.1) is 5.82 Å². The molecule has 0 unspecified atom stereocenters. The molecule has 0 saturated carbocycles. The second-order valence-corrected chi connectivity index (χ2v) is 22.3. The monoisotopic (exact) mass is 675 g/mol. The topological polar surface area (TPSA) is 151 Å². The van der Waals surface area contributed by atoms with Crippen molar-refractivity contribution in [2.24, 2.45) is 0 Å². The Balaban J connectivity index is 0.000000782. The number of ether oxygens (including phenoxy) is 1. The highest BCUT2D eigenvalue weighted by atomic mass is 35.7. The van der Waals surface area contributed by atoms with E-state index < -0.39 is 39.0 Å². The molecule has 0 bridgehead atoms. The number of aromatic nitrogens is 6. The number of nitrogens with zero attached hydrogens (tertiary/aromatic N) is 7. The number of sulfonamides is 1. The smallest absolute Gasteiger partial charge is 0.332 e. The van der Waals surface area contributed by atoms with Crippen molar-refractivity contribution < 1.29 is 26.0 Å². The van der Waals surface area contributed by atoms with E-state index >= 15 is 0 Å². The zero-order chi connectivity index (χ0) is 31.7. The maximum absolute atomic E-state index is 14.0. The van der Waals surface area contributed by atoms with Gasteiger partial charge >= 0.3 is 5.69 Å². The number of halogens is 2. The van der Waals surface area contributed by atoms with Crippen LogP contribution in [-0.4, -0.2) is 89.9 Å². The molecule has 0 aromatic carbocycles. The van der Waals surface area contributed by atoms with Crippen molar-refractivity contribution in [2.45, 2.75) is 51.3 Å². The number of imidazole rings is 2. The average molecular weight is 676 g/mol. The zero-order valence-electron chi connectivity index (χ0n) is 24.6. The molecule has 1 aliphatic heterocycles. The molecule has 13 nitrogen and oxygen atoms in total. The highest BCUT2D eigenvalue weighted by Crippen LogP contribution is 2.27. The highest BCUT2D eigenvalue weighted by Gasteiger charge is 2.31. The summed E-state index contributed by atoms with van der Waals surface area (Å²) in [7, 11) is -3.43. The predicted octanol–water partition coefficient (Wildman–Crippen LogP) is 3.14. The molecule has 1 atom stereocenters. The first-order valence-electron chi connectivity index (χ1n) is 13.5. The van der Waals surface area contributed by atoms with Crippen molar-refractivity contribution in [1.82, 2.24) is 32.8 Å². The van der Waals surface area contributed by atoms with Crippen molar-refractivity contribution >= 4 is 54.6 Å². The number of rotatable bonds is 8. The van der Waals surface area contributed by atoms with E-state index in [0.29, 0.717) is 48.5 Å². The molecule has 0 spiro atoms. The third kappa shape index (κ3) is 8.48. The standard InChI is InChI=1S/C24H32FN7O4SSi.CH3ClO2S/c1-37(34,35)29-9-5-6-18(15-29)32-23-20(31(24(32)33)16-36-10-11-38(2,3)4)13-27-22(28-23)19-12-26-21-8-7-17(25)14-30(19)21;1-5(2,3)4/h7-8,12-14,18H,5-6,9-11,15-16H2,1-4H3;1H3/t18-;/m1./s1. The van der Waals surface area contributed by atoms with Crippen LogP contribution in [0.2, 0.25) is 25.7 Å². The summed E-state index contributed by atoms with van der Waals surface area (Å²) >= 11 is 0. The second-order valence-electron chi connectivity index (χ2n) is 11.6. The molecule has 0 radical (unpaired) electrons. The number of hydrogen-bond acceptors (Lipinski definition) is 9. The van der Waals surface area contributed by atoms with E-state index in [2.05, 4.69) is 40.3 Å². The second kappa shape index (κ2) is 12.7. The van der Waals surface area contributed by atoms with Gasteiger partial charge in [-0.3, -0.25) is 13.5 Å². The van der Waals surface area contributed by atoms with Crippen LogP contribution in [0.3, 0.4) is 0 Å². The highest BCUT2D eigenvalue weighted by molar-refractivity contribution is 8.13. The summed E-state index contributed by atoms with van der Waals surface area (Å²) in [6.45, 7) is 7.93. The number of hydrogen-bond donors (Lipinski definition) is 0. The molecule has 5 rings (SSSR count). The van der Waals surface area contributed by atoms with Crippen LogP contribution in [0.15, 0.2) is 35.5 Å². The van der Waals surface area contributed by atoms with E-state index in [1.54, 1.807) is 27.4 Å². The van der Waals surface area contributed by atoms with Gasteiger partial charge in [0.1, 0.15) is 29.4 Å². The molecule has 0 aliphatic carbocycles. The van der Waals surface area contributed by atoms with Crippen LogP contribution in [0.5, 0.6) is 0 Å². The minimum atomic E-state index is -3.42. The normalized spacial score (nSPS) is 16.9. The van der Waals surface area contributed by atoms with Crippen LogP contribution in [0.25, 0.3) is 28.3 Å². The van der Waals surface area contributed by atoms with Gasteiger partial charge in [-0.15, -0.1) is 0 Å². The van der Waals surface area contributed by atoms with Crippen LogP contribution in [0.4, 0.5) is 4.39 Å². The van der Waals surface area contributed by atoms with Gasteiger partial charge in [-0.05, 0) is 31.0 Å². The largest absolute Gasteiger partial charge is 0.361 e. The molecular formula is C25H35ClFN7O6S2Si. The Bertz CT molecular complexity index is 1900. The molecule has 1 aliphatic rings. The summed E-state index contributed by atoms with van der Waals surface area (Å²) in [6, 6.07) is 3.44. The van der Waals surface area contributed by atoms with Gasteiger partial charge in [0.05, 0.1) is 30.9 Å². The molecule has 0 N–H and O–H groups in total. The van der Waals surface area contributed by atoms with Gasteiger partial charge in [-0.2, -0.15) is 0 Å². The fraction of sp³-hybridized carbons (Fsp3) is 0.520. The molecular weight excluding hydrogens is 641 g/mol. The van der Waals surface area contributed by atoms with Crippen LogP contribution in [-0.2, 0) is 30.5 Å². The van der Waals surface area contributed by atoms with Crippen molar-refractivity contribution in [3.63, 3.8) is 0 Å². The first-order valence-corrected chi connectivity index (χ1v) is 21.7. The van der Waals surface area contributed by atoms with Gasteiger partial charge in [0.25, 0.3) is 0 Å². The van der Waals surface area contributed by atoms with E-state index in [4.69, 9.17) is 9.72 Å². The Kier molecular flexibility index (Phi) is 9.82. The van der Waals surface area contributed by atoms with Gasteiger partial charge in [-0.25, -0.2) is 45.3 Å². The maximum atomic E-state index is 14.0. The molecule has 1 fully saturated rings. The molecule has 236 valence electrons. The van der Waals surface area contributed by atoms with Crippen LogP contribution < -0.4 is 5.69 Å². The Morgan fingerprint density at radius 2 is 1.81 bits per heavy atom. The zero-order valence-corrected chi connectivity index (χ0v) is 28.0. The Morgan fingerprint density at radius 3 is 2.47 bits per heavy atom. The fourth-order valence-corrected chi connectivity index (χ4v) is 6.38. The summed E-state index contributed by atoms with van der Waals surface area (Å²) in [5, 5.41) is 0. The number of pyridine rings is 1. The summed E-state index contributed by atoms with van der Waals surface area (Å²) in [5.74, 6) is -0.156. The lowest BCUT2D eigenvalue weighted by Gasteiger charge is -2.31. The lowest BCUT2D eigenvalue weighted by Crippen LogP contribution is -2.42.